The molecule has 0 amide bonds. The second kappa shape index (κ2) is 5.72. The van der Waals surface area contributed by atoms with Crippen molar-refractivity contribution in [1.82, 2.24) is 24.3 Å². The van der Waals surface area contributed by atoms with E-state index in [9.17, 15) is 9.18 Å². The lowest BCUT2D eigenvalue weighted by Gasteiger charge is -2.29. The van der Waals surface area contributed by atoms with Crippen molar-refractivity contribution < 1.29 is 4.39 Å². The Balaban J connectivity index is 1.46. The van der Waals surface area contributed by atoms with Crippen molar-refractivity contribution in [2.24, 2.45) is 12.8 Å². The third kappa shape index (κ3) is 2.40. The maximum absolute atomic E-state index is 14.5. The summed E-state index contributed by atoms with van der Waals surface area (Å²) in [6.45, 7) is 0. The Bertz CT molecular complexity index is 1400. The van der Waals surface area contributed by atoms with Gasteiger partial charge >= 0.3 is 0 Å². The van der Waals surface area contributed by atoms with Crippen molar-refractivity contribution in [2.45, 2.75) is 43.2 Å². The van der Waals surface area contributed by atoms with Gasteiger partial charge in [-0.2, -0.15) is 5.10 Å². The average Bonchev–Trinajstić information content (AvgIpc) is 3.38. The van der Waals surface area contributed by atoms with Crippen LogP contribution >= 0.6 is 0 Å². The smallest absolute Gasteiger partial charge is 0.262 e. The molecule has 0 aliphatic heterocycles. The highest BCUT2D eigenvalue weighted by molar-refractivity contribution is 5.85. The Labute approximate surface area is 171 Å². The van der Waals surface area contributed by atoms with Crippen molar-refractivity contribution in [1.29, 1.82) is 0 Å². The van der Waals surface area contributed by atoms with Gasteiger partial charge in [0.15, 0.2) is 11.6 Å². The fourth-order valence-electron chi connectivity index (χ4n) is 5.43. The zero-order valence-electron chi connectivity index (χ0n) is 16.6. The molecule has 1 aromatic carbocycles. The summed E-state index contributed by atoms with van der Waals surface area (Å²) in [5.74, 6) is -0.0424. The lowest BCUT2D eigenvalue weighted by atomic mass is 9.91. The summed E-state index contributed by atoms with van der Waals surface area (Å²) in [4.78, 5) is 22.2. The van der Waals surface area contributed by atoms with Crippen LogP contribution in [0.3, 0.4) is 0 Å². The van der Waals surface area contributed by atoms with Crippen LogP contribution in [0.15, 0.2) is 41.6 Å². The van der Waals surface area contributed by atoms with Crippen LogP contribution in [0, 0.1) is 5.82 Å². The van der Waals surface area contributed by atoms with Gasteiger partial charge in [-0.3, -0.25) is 9.48 Å². The van der Waals surface area contributed by atoms with E-state index in [1.165, 1.54) is 6.07 Å². The number of hydrogen-bond acceptors (Lipinski definition) is 5. The van der Waals surface area contributed by atoms with Crippen LogP contribution in [-0.4, -0.2) is 29.9 Å². The molecule has 2 fully saturated rings. The standard InChI is InChI=1S/C22H21FN6O/c1-28-11-14-8-13(9-16(23)18(14)27-28)19-25-10-15-17(26-19)2-7-29(20(15)30)22-5-3-21(24,12-22)4-6-22/h2,7-11H,3-6,12,24H2,1H3. The van der Waals surface area contributed by atoms with Crippen molar-refractivity contribution in [3.05, 3.63) is 53.0 Å². The van der Waals surface area contributed by atoms with Crippen molar-refractivity contribution in [3.63, 3.8) is 0 Å². The average molecular weight is 404 g/mol. The van der Waals surface area contributed by atoms with Crippen LogP contribution in [0.1, 0.15) is 32.1 Å². The summed E-state index contributed by atoms with van der Waals surface area (Å²) < 4.78 is 17.9. The number of nitrogens with two attached hydrogens (primary N) is 1. The van der Waals surface area contributed by atoms with E-state index in [1.54, 1.807) is 24.1 Å². The number of hydrogen-bond donors (Lipinski definition) is 1. The number of aromatic nitrogens is 5. The Morgan fingerprint density at radius 2 is 2.00 bits per heavy atom. The van der Waals surface area contributed by atoms with Gasteiger partial charge in [0.1, 0.15) is 5.52 Å². The number of halogens is 1. The monoisotopic (exact) mass is 404 g/mol. The van der Waals surface area contributed by atoms with Crippen molar-refractivity contribution >= 4 is 21.8 Å². The molecule has 0 spiro atoms. The molecule has 0 saturated heterocycles. The molecule has 3 aromatic heterocycles. The van der Waals surface area contributed by atoms with E-state index in [1.807, 2.05) is 22.9 Å². The normalized spacial score (nSPS) is 25.6. The Morgan fingerprint density at radius 1 is 1.20 bits per heavy atom. The molecule has 3 heterocycles. The van der Waals surface area contributed by atoms with Gasteiger partial charge in [-0.1, -0.05) is 0 Å². The van der Waals surface area contributed by atoms with Gasteiger partial charge in [0.25, 0.3) is 5.56 Å². The Hall–Kier alpha value is -3.13. The predicted molar refractivity (Wildman–Crippen MR) is 111 cm³/mol. The van der Waals surface area contributed by atoms with Crippen LogP contribution < -0.4 is 11.3 Å². The molecule has 4 aromatic rings. The summed E-state index contributed by atoms with van der Waals surface area (Å²) >= 11 is 0. The van der Waals surface area contributed by atoms with Gasteiger partial charge in [-0.15, -0.1) is 0 Å². The summed E-state index contributed by atoms with van der Waals surface area (Å²) in [5.41, 5.74) is 7.46. The first kappa shape index (κ1) is 17.7. The van der Waals surface area contributed by atoms with E-state index in [0.29, 0.717) is 33.2 Å². The number of benzene rings is 1. The SMILES string of the molecule is Cn1cc2cc(-c3ncc4c(=O)n(C56CCC(N)(CC5)C6)ccc4n3)cc(F)c2n1. The molecule has 152 valence electrons. The highest BCUT2D eigenvalue weighted by Crippen LogP contribution is 2.53. The third-order valence-corrected chi connectivity index (χ3v) is 6.95. The zero-order valence-corrected chi connectivity index (χ0v) is 16.6. The molecule has 6 rings (SSSR count). The minimum atomic E-state index is -0.422. The molecule has 2 N–H and O–H groups in total. The van der Waals surface area contributed by atoms with Gasteiger partial charge in [-0.05, 0) is 50.3 Å². The molecular weight excluding hydrogens is 383 g/mol. The first-order valence-corrected chi connectivity index (χ1v) is 10.2. The van der Waals surface area contributed by atoms with Crippen LogP contribution in [0.25, 0.3) is 33.2 Å². The highest BCUT2D eigenvalue weighted by Gasteiger charge is 2.53. The molecular formula is C22H21FN6O. The van der Waals surface area contributed by atoms with Crippen LogP contribution in [0.5, 0.6) is 0 Å². The van der Waals surface area contributed by atoms with Crippen LogP contribution in [-0.2, 0) is 12.6 Å². The van der Waals surface area contributed by atoms with E-state index < -0.39 is 5.82 Å². The van der Waals surface area contributed by atoms with Crippen LogP contribution in [0.2, 0.25) is 0 Å². The van der Waals surface area contributed by atoms with Gasteiger partial charge in [0, 0.05) is 47.7 Å². The van der Waals surface area contributed by atoms with Gasteiger partial charge in [0.2, 0.25) is 0 Å². The van der Waals surface area contributed by atoms with E-state index >= 15 is 0 Å². The first-order valence-electron chi connectivity index (χ1n) is 10.2. The fraction of sp³-hybridized carbons (Fsp3) is 0.364. The topological polar surface area (TPSA) is 91.6 Å². The number of nitrogens with zero attached hydrogens (tertiary/aromatic N) is 5. The molecule has 2 aliphatic carbocycles. The van der Waals surface area contributed by atoms with Crippen molar-refractivity contribution in [3.8, 4) is 11.4 Å². The highest BCUT2D eigenvalue weighted by atomic mass is 19.1. The number of pyridine rings is 1. The summed E-state index contributed by atoms with van der Waals surface area (Å²) in [5, 5.41) is 5.28. The van der Waals surface area contributed by atoms with Crippen molar-refractivity contribution in [2.75, 3.05) is 0 Å². The summed E-state index contributed by atoms with van der Waals surface area (Å²) in [7, 11) is 1.75. The Kier molecular flexibility index (Phi) is 3.38. The molecule has 0 radical (unpaired) electrons. The van der Waals surface area contributed by atoms with Gasteiger partial charge in [0.05, 0.1) is 10.9 Å². The molecule has 2 aliphatic rings. The molecule has 2 bridgehead atoms. The minimum absolute atomic E-state index is 0.0842. The molecule has 2 saturated carbocycles. The Morgan fingerprint density at radius 3 is 2.73 bits per heavy atom. The molecule has 7 nitrogen and oxygen atoms in total. The first-order chi connectivity index (χ1) is 14.4. The molecule has 0 unspecified atom stereocenters. The van der Waals surface area contributed by atoms with E-state index in [0.717, 1.165) is 32.1 Å². The maximum atomic E-state index is 14.5. The molecule has 8 heteroatoms. The third-order valence-electron chi connectivity index (χ3n) is 6.95. The van der Waals surface area contributed by atoms with E-state index in [-0.39, 0.29) is 16.6 Å². The van der Waals surface area contributed by atoms with E-state index in [4.69, 9.17) is 5.73 Å². The lowest BCUT2D eigenvalue weighted by Crippen LogP contribution is -2.37. The number of fused-ring (bicyclic) bond motifs is 4. The van der Waals surface area contributed by atoms with Crippen LogP contribution in [0.4, 0.5) is 4.39 Å². The lowest BCUT2D eigenvalue weighted by molar-refractivity contribution is 0.283. The maximum Gasteiger partial charge on any atom is 0.262 e. The van der Waals surface area contributed by atoms with Gasteiger partial charge < -0.3 is 10.3 Å². The number of aryl methyl sites for hydroxylation is 1. The predicted octanol–water partition coefficient (Wildman–Crippen LogP) is 2.85. The largest absolute Gasteiger partial charge is 0.325 e. The minimum Gasteiger partial charge on any atom is -0.325 e. The van der Waals surface area contributed by atoms with E-state index in [2.05, 4.69) is 15.1 Å². The molecule has 0 atom stereocenters. The quantitative estimate of drug-likeness (QED) is 0.555. The second-order valence-electron chi connectivity index (χ2n) is 8.95. The second-order valence-corrected chi connectivity index (χ2v) is 8.95. The summed E-state index contributed by atoms with van der Waals surface area (Å²) in [6, 6.07) is 5.05. The van der Waals surface area contributed by atoms with Gasteiger partial charge in [-0.25, -0.2) is 14.4 Å². The summed E-state index contributed by atoms with van der Waals surface area (Å²) in [6.07, 6.45) is 9.75. The molecule has 30 heavy (non-hydrogen) atoms. The fourth-order valence-corrected chi connectivity index (χ4v) is 5.43. The zero-order chi connectivity index (χ0) is 20.7. The number of rotatable bonds is 2.